The Morgan fingerprint density at radius 3 is 1.89 bits per heavy atom. The standard InChI is InChI=1S/C52H34N2O/c1-2-16-37(17-3-1)54-49-26-10-6-19-42(49)44-33-32-39(34-50(44)54)53(38-30-28-36(29-31-38)41-22-12-15-35-14-4-5-18-40(35)41)48-25-9-7-20-43(48)46-23-13-24-47-45-21-8-11-27-51(45)55-52(46)47/h1-34H. The minimum absolute atomic E-state index is 0.891. The van der Waals surface area contributed by atoms with E-state index in [1.165, 1.54) is 38.2 Å². The largest absolute Gasteiger partial charge is 0.455 e. The Kier molecular flexibility index (Phi) is 7.17. The summed E-state index contributed by atoms with van der Waals surface area (Å²) < 4.78 is 9.00. The van der Waals surface area contributed by atoms with Crippen LogP contribution in [0.4, 0.5) is 17.1 Å². The molecule has 0 aliphatic rings. The summed E-state index contributed by atoms with van der Waals surface area (Å²) in [6.07, 6.45) is 0. The smallest absolute Gasteiger partial charge is 0.143 e. The summed E-state index contributed by atoms with van der Waals surface area (Å²) in [5.74, 6) is 0. The van der Waals surface area contributed by atoms with E-state index in [0.29, 0.717) is 0 Å². The lowest BCUT2D eigenvalue weighted by atomic mass is 9.97. The Hall–Kier alpha value is -7.36. The number of furan rings is 1. The molecule has 0 fully saturated rings. The van der Waals surface area contributed by atoms with Crippen LogP contribution in [0.15, 0.2) is 211 Å². The Labute approximate surface area is 318 Å². The summed E-state index contributed by atoms with van der Waals surface area (Å²) in [7, 11) is 0. The molecule has 2 aromatic heterocycles. The number of rotatable bonds is 6. The molecule has 0 aliphatic heterocycles. The topological polar surface area (TPSA) is 21.3 Å². The molecule has 258 valence electrons. The average molecular weight is 703 g/mol. The summed E-state index contributed by atoms with van der Waals surface area (Å²) in [5, 5.41) is 7.17. The van der Waals surface area contributed by atoms with Gasteiger partial charge in [-0.15, -0.1) is 0 Å². The first kappa shape index (κ1) is 31.2. The van der Waals surface area contributed by atoms with Gasteiger partial charge in [-0.3, -0.25) is 0 Å². The van der Waals surface area contributed by atoms with Gasteiger partial charge in [-0.2, -0.15) is 0 Å². The van der Waals surface area contributed by atoms with Crippen molar-refractivity contribution in [2.24, 2.45) is 0 Å². The van der Waals surface area contributed by atoms with Crippen molar-refractivity contribution in [1.82, 2.24) is 4.57 Å². The zero-order valence-corrected chi connectivity index (χ0v) is 29.9. The molecule has 0 amide bonds. The van der Waals surface area contributed by atoms with Crippen LogP contribution >= 0.6 is 0 Å². The van der Waals surface area contributed by atoms with Crippen LogP contribution in [0.25, 0.3) is 82.5 Å². The molecule has 0 saturated carbocycles. The highest BCUT2D eigenvalue weighted by atomic mass is 16.3. The first-order chi connectivity index (χ1) is 27.3. The summed E-state index contributed by atoms with van der Waals surface area (Å²) >= 11 is 0. The molecule has 9 aromatic carbocycles. The van der Waals surface area contributed by atoms with Gasteiger partial charge in [0, 0.05) is 49.7 Å². The number of aromatic nitrogens is 1. The van der Waals surface area contributed by atoms with Gasteiger partial charge in [0.05, 0.1) is 16.7 Å². The summed E-state index contributed by atoms with van der Waals surface area (Å²) in [6.45, 7) is 0. The molecule has 11 rings (SSSR count). The first-order valence-corrected chi connectivity index (χ1v) is 18.8. The molecule has 11 aromatic rings. The van der Waals surface area contributed by atoms with Crippen LogP contribution in [-0.2, 0) is 0 Å². The maximum Gasteiger partial charge on any atom is 0.143 e. The van der Waals surface area contributed by atoms with Gasteiger partial charge >= 0.3 is 0 Å². The third-order valence-corrected chi connectivity index (χ3v) is 11.0. The number of fused-ring (bicyclic) bond motifs is 7. The van der Waals surface area contributed by atoms with Crippen molar-refractivity contribution in [1.29, 1.82) is 0 Å². The molecule has 3 heteroatoms. The first-order valence-electron chi connectivity index (χ1n) is 18.8. The third-order valence-electron chi connectivity index (χ3n) is 11.0. The van der Waals surface area contributed by atoms with Crippen molar-refractivity contribution in [3.05, 3.63) is 206 Å². The molecular weight excluding hydrogens is 669 g/mol. The Balaban J connectivity index is 1.15. The highest BCUT2D eigenvalue weighted by Gasteiger charge is 2.22. The monoisotopic (exact) mass is 702 g/mol. The number of hydrogen-bond donors (Lipinski definition) is 0. The van der Waals surface area contributed by atoms with Crippen LogP contribution in [0.3, 0.4) is 0 Å². The minimum Gasteiger partial charge on any atom is -0.455 e. The van der Waals surface area contributed by atoms with E-state index in [9.17, 15) is 0 Å². The van der Waals surface area contributed by atoms with Gasteiger partial charge in [-0.1, -0.05) is 152 Å². The average Bonchev–Trinajstić information content (AvgIpc) is 3.80. The van der Waals surface area contributed by atoms with Crippen LogP contribution in [-0.4, -0.2) is 4.57 Å². The summed E-state index contributed by atoms with van der Waals surface area (Å²) in [5.41, 5.74) is 13.0. The Morgan fingerprint density at radius 2 is 1.00 bits per heavy atom. The van der Waals surface area contributed by atoms with Crippen LogP contribution in [0, 0.1) is 0 Å². The lowest BCUT2D eigenvalue weighted by molar-refractivity contribution is 0.670. The predicted molar refractivity (Wildman–Crippen MR) is 231 cm³/mol. The zero-order chi connectivity index (χ0) is 36.3. The number of nitrogens with zero attached hydrogens (tertiary/aromatic N) is 2. The second kappa shape index (κ2) is 12.6. The summed E-state index contributed by atoms with van der Waals surface area (Å²) in [4.78, 5) is 2.40. The lowest BCUT2D eigenvalue weighted by Gasteiger charge is -2.28. The van der Waals surface area contributed by atoms with Crippen molar-refractivity contribution in [3.63, 3.8) is 0 Å². The molecule has 0 radical (unpaired) electrons. The molecule has 2 heterocycles. The SMILES string of the molecule is c1ccc(-n2c3ccccc3c3ccc(N(c4ccc(-c5cccc6ccccc56)cc4)c4ccccc4-c4cccc5c4oc4ccccc45)cc32)cc1. The van der Waals surface area contributed by atoms with Gasteiger partial charge in [-0.05, 0) is 76.5 Å². The van der Waals surface area contributed by atoms with E-state index in [2.05, 4.69) is 210 Å². The second-order valence-corrected chi connectivity index (χ2v) is 14.1. The quantitative estimate of drug-likeness (QED) is 0.172. The van der Waals surface area contributed by atoms with E-state index in [4.69, 9.17) is 4.42 Å². The minimum atomic E-state index is 0.891. The zero-order valence-electron chi connectivity index (χ0n) is 29.9. The van der Waals surface area contributed by atoms with E-state index in [0.717, 1.165) is 61.3 Å². The molecule has 0 saturated heterocycles. The van der Waals surface area contributed by atoms with E-state index in [1.807, 2.05) is 6.07 Å². The number of para-hydroxylation sites is 5. The van der Waals surface area contributed by atoms with Crippen LogP contribution in [0.1, 0.15) is 0 Å². The molecule has 0 atom stereocenters. The highest BCUT2D eigenvalue weighted by molar-refractivity contribution is 6.12. The number of anilines is 3. The molecule has 0 N–H and O–H groups in total. The lowest BCUT2D eigenvalue weighted by Crippen LogP contribution is -2.11. The normalized spacial score (nSPS) is 11.6. The van der Waals surface area contributed by atoms with Gasteiger partial charge in [-0.25, -0.2) is 0 Å². The van der Waals surface area contributed by atoms with Gasteiger partial charge < -0.3 is 13.9 Å². The van der Waals surface area contributed by atoms with E-state index < -0.39 is 0 Å². The maximum atomic E-state index is 6.62. The van der Waals surface area contributed by atoms with E-state index in [1.54, 1.807) is 0 Å². The van der Waals surface area contributed by atoms with Crippen LogP contribution in [0.5, 0.6) is 0 Å². The fraction of sp³-hybridized carbons (Fsp3) is 0. The van der Waals surface area contributed by atoms with Gasteiger partial charge in [0.1, 0.15) is 11.2 Å². The van der Waals surface area contributed by atoms with Crippen LogP contribution < -0.4 is 4.90 Å². The molecule has 0 aliphatic carbocycles. The molecule has 0 bridgehead atoms. The van der Waals surface area contributed by atoms with Gasteiger partial charge in [0.2, 0.25) is 0 Å². The number of benzene rings is 9. The molecule has 0 spiro atoms. The van der Waals surface area contributed by atoms with Gasteiger partial charge in [0.25, 0.3) is 0 Å². The Bertz CT molecular complexity index is 3200. The highest BCUT2D eigenvalue weighted by Crippen LogP contribution is 2.46. The Morgan fingerprint density at radius 1 is 0.382 bits per heavy atom. The van der Waals surface area contributed by atoms with E-state index in [-0.39, 0.29) is 0 Å². The summed E-state index contributed by atoms with van der Waals surface area (Å²) in [6, 6.07) is 73.9. The number of hydrogen-bond acceptors (Lipinski definition) is 2. The van der Waals surface area contributed by atoms with Crippen molar-refractivity contribution < 1.29 is 4.42 Å². The van der Waals surface area contributed by atoms with Crippen molar-refractivity contribution in [2.75, 3.05) is 4.90 Å². The predicted octanol–water partition coefficient (Wildman–Crippen LogP) is 14.6. The molecule has 0 unspecified atom stereocenters. The molecule has 3 nitrogen and oxygen atoms in total. The maximum absolute atomic E-state index is 6.62. The van der Waals surface area contributed by atoms with E-state index >= 15 is 0 Å². The fourth-order valence-corrected chi connectivity index (χ4v) is 8.50. The van der Waals surface area contributed by atoms with Gasteiger partial charge in [0.15, 0.2) is 0 Å². The van der Waals surface area contributed by atoms with Crippen molar-refractivity contribution in [3.8, 4) is 27.9 Å². The molecule has 55 heavy (non-hydrogen) atoms. The van der Waals surface area contributed by atoms with Crippen molar-refractivity contribution >= 4 is 71.6 Å². The van der Waals surface area contributed by atoms with Crippen LogP contribution in [0.2, 0.25) is 0 Å². The fourth-order valence-electron chi connectivity index (χ4n) is 8.50. The van der Waals surface area contributed by atoms with Crippen molar-refractivity contribution in [2.45, 2.75) is 0 Å². The molecular formula is C52H34N2O. The third kappa shape index (κ3) is 5.05. The second-order valence-electron chi connectivity index (χ2n) is 14.1.